The fraction of sp³-hybridized carbons (Fsp3) is 0.375. The monoisotopic (exact) mass is 1280 g/mol. The largest absolute Gasteiger partial charge is 0.505 e. The van der Waals surface area contributed by atoms with Crippen LogP contribution in [0.25, 0.3) is 33.4 Å². The highest BCUT2D eigenvalue weighted by Gasteiger charge is 2.40. The number of imide groups is 1. The number of aliphatic hydroxyl groups is 1. The summed E-state index contributed by atoms with van der Waals surface area (Å²) >= 11 is 0.819. The molecule has 0 bridgehead atoms. The molecular formula is C56H62F2N12O19S. The molecule has 6 rings (SSSR count). The number of carboxylic acids is 2. The van der Waals surface area contributed by atoms with Gasteiger partial charge in [0.25, 0.3) is 5.91 Å². The number of halogens is 2. The van der Waals surface area contributed by atoms with E-state index in [4.69, 9.17) is 15.3 Å². The number of aliphatic carboxylic acids is 1. The van der Waals surface area contributed by atoms with E-state index < -0.39 is 165 Å². The number of phenols is 1. The van der Waals surface area contributed by atoms with Crippen LogP contribution in [0.15, 0.2) is 64.2 Å². The van der Waals surface area contributed by atoms with Gasteiger partial charge < -0.3 is 78.1 Å². The molecule has 2 aromatic carbocycles. The molecule has 480 valence electrons. The van der Waals surface area contributed by atoms with Crippen molar-refractivity contribution in [2.45, 2.75) is 114 Å². The third kappa shape index (κ3) is 17.4. The predicted molar refractivity (Wildman–Crippen MR) is 309 cm³/mol. The number of rotatable bonds is 29. The maximum absolute atomic E-state index is 14.7. The molecule has 1 aromatic heterocycles. The molecule has 90 heavy (non-hydrogen) atoms. The third-order valence-electron chi connectivity index (χ3n) is 13.8. The minimum atomic E-state index is -1.76. The molecule has 1 unspecified atom stereocenters. The summed E-state index contributed by atoms with van der Waals surface area (Å²) in [6.45, 7) is 5.17. The van der Waals surface area contributed by atoms with E-state index in [2.05, 4.69) is 52.5 Å². The van der Waals surface area contributed by atoms with Gasteiger partial charge in [-0.15, -0.1) is 11.8 Å². The molecule has 0 radical (unpaired) electrons. The number of likely N-dealkylation sites (tertiary alicyclic amines) is 1. The number of fused-ring (bicyclic) bond motifs is 2. The van der Waals surface area contributed by atoms with Crippen LogP contribution in [-0.4, -0.2) is 185 Å². The van der Waals surface area contributed by atoms with E-state index in [1.807, 2.05) is 0 Å². The number of nitrogens with zero attached hydrogens (tertiary/aromatic N) is 2. The summed E-state index contributed by atoms with van der Waals surface area (Å²) in [5.74, 6) is -16.5. The topological polar surface area (TPSA) is 487 Å². The second-order valence-electron chi connectivity index (χ2n) is 20.7. The first-order chi connectivity index (χ1) is 42.3. The summed E-state index contributed by atoms with van der Waals surface area (Å²) in [7, 11) is 0. The number of nitrogens with one attached hydrogen (secondary N) is 9. The van der Waals surface area contributed by atoms with Crippen LogP contribution >= 0.6 is 11.8 Å². The Labute approximate surface area is 511 Å². The molecule has 3 aromatic rings. The third-order valence-corrected chi connectivity index (χ3v) is 15.1. The number of aromatic amines is 1. The number of carbonyl (C=O) groups excluding carboxylic acids is 11. The first kappa shape index (κ1) is 68.7. The van der Waals surface area contributed by atoms with Crippen LogP contribution in [0.3, 0.4) is 0 Å². The number of hydrogen-bond donors (Lipinski definition) is 14. The van der Waals surface area contributed by atoms with Gasteiger partial charge in [0.1, 0.15) is 53.6 Å². The quantitative estimate of drug-likeness (QED) is 0.0182. The normalized spacial score (nSPS) is 15.6. The lowest BCUT2D eigenvalue weighted by Crippen LogP contribution is -2.61. The molecule has 3 heterocycles. The van der Waals surface area contributed by atoms with Crippen molar-refractivity contribution >= 4 is 99.6 Å². The number of thioether (sulfide) groups is 1. The van der Waals surface area contributed by atoms with Crippen molar-refractivity contribution in [2.24, 2.45) is 5.73 Å². The summed E-state index contributed by atoms with van der Waals surface area (Å²) in [5.41, 5.74) is 3.16. The lowest BCUT2D eigenvalue weighted by Gasteiger charge is -2.27. The van der Waals surface area contributed by atoms with Gasteiger partial charge in [0.15, 0.2) is 17.4 Å². The van der Waals surface area contributed by atoms with Gasteiger partial charge in [0.2, 0.25) is 64.5 Å². The fourth-order valence-electron chi connectivity index (χ4n) is 9.09. The minimum absolute atomic E-state index is 0.109. The molecule has 0 spiro atoms. The number of aromatic carboxylic acids is 1. The van der Waals surface area contributed by atoms with E-state index in [9.17, 15) is 91.2 Å². The Morgan fingerprint density at radius 3 is 1.98 bits per heavy atom. The molecule has 31 nitrogen and oxygen atoms in total. The molecule has 11 amide bonds. The second-order valence-corrected chi connectivity index (χ2v) is 21.9. The molecule has 1 fully saturated rings. The van der Waals surface area contributed by atoms with E-state index in [1.165, 1.54) is 45.4 Å². The Bertz CT molecular complexity index is 3700. The van der Waals surface area contributed by atoms with Crippen LogP contribution in [0.1, 0.15) is 80.3 Å². The number of carbonyl (C=O) groups is 13. The maximum Gasteiger partial charge on any atom is 0.336 e. The zero-order valence-electron chi connectivity index (χ0n) is 48.4. The van der Waals surface area contributed by atoms with Crippen LogP contribution in [0.5, 0.6) is 5.75 Å². The van der Waals surface area contributed by atoms with Gasteiger partial charge in [-0.05, 0) is 63.9 Å². The first-order valence-corrected chi connectivity index (χ1v) is 28.4. The number of phenolic OH excluding ortho intramolecular Hbond substituents is 1. The maximum atomic E-state index is 14.7. The van der Waals surface area contributed by atoms with Gasteiger partial charge in [-0.2, -0.15) is 0 Å². The summed E-state index contributed by atoms with van der Waals surface area (Å²) in [6, 6.07) is -3.73. The van der Waals surface area contributed by atoms with E-state index in [-0.39, 0.29) is 82.8 Å². The molecule has 15 N–H and O–H groups in total. The number of hydrogen-bond acceptors (Lipinski definition) is 19. The molecule has 3 aliphatic rings. The number of amides is 11. The average molecular weight is 1280 g/mol. The Hall–Kier alpha value is -10.4. The van der Waals surface area contributed by atoms with Gasteiger partial charge in [0, 0.05) is 85.4 Å². The number of primary amides is 1. The van der Waals surface area contributed by atoms with Crippen LogP contribution in [0.4, 0.5) is 8.78 Å². The lowest BCUT2D eigenvalue weighted by atomic mass is 9.89. The highest BCUT2D eigenvalue weighted by Crippen LogP contribution is 2.43. The van der Waals surface area contributed by atoms with Crippen molar-refractivity contribution in [3.8, 4) is 28.2 Å². The van der Waals surface area contributed by atoms with Crippen LogP contribution in [0, 0.1) is 11.6 Å². The standard InChI is InChI=1S/C56H62F2N12O19S/c1-22(48(79)64-24(3)50(81)69-46(25(4)71)54(85)68-36(13-28-19-60-21-62-28)52(83)67-35(47(59)78)8-9-44(76)77)63-49(80)23(2)65-53(84)37(66-26(5)72)20-90-42-18-43(75)70(55(42)86)11-10-61-51(82)27-6-7-29(30(12-27)56(87)88)45-31-14-33(57)38(73)16-40(31)89-41-17-39(74)34(58)15-32(41)45/h6-7,12,14-17,19,21-25,35-37,42,46,71,73H,8-11,13,18,20H2,1-5H3,(H2,59,78)(H,60,62)(H,61,82)(H,63,80)(H,64,79)(H,65,84)(H,66,72)(H,67,83)(H,68,85)(H,69,81)(H,76,77)(H,87,88)/t22-,23-,24-,25+,35-,36-,37-,42?,46-/m1/s1. The molecule has 0 saturated carbocycles. The number of benzene rings is 3. The molecule has 1 saturated heterocycles. The van der Waals surface area contributed by atoms with Crippen molar-refractivity contribution in [1.29, 1.82) is 0 Å². The number of nitrogens with two attached hydrogens (primary N) is 1. The predicted octanol–water partition coefficient (Wildman–Crippen LogP) is -1.99. The molecule has 1 aliphatic carbocycles. The van der Waals surface area contributed by atoms with Crippen molar-refractivity contribution in [2.75, 3.05) is 18.8 Å². The SMILES string of the molecule is CC(=O)N[C@H](CSC1CC(=O)N(CCNC(=O)c2ccc(-c3c4cc(F)c(=O)cc-4oc4cc(O)c(F)cc34)c(C(=O)O)c2)C1=O)C(=O)N[C@H](C)C(=O)N[C@H](C)C(=O)N[C@H](C)C(=O)N[C@@H](C(=O)N[C@H](Cc1c[nH]cn1)C(=O)N[C@H](CCC(=O)O)C(N)=O)[C@H](C)O. The second kappa shape index (κ2) is 30.0. The number of aromatic hydroxyl groups is 1. The van der Waals surface area contributed by atoms with E-state index >= 15 is 0 Å². The summed E-state index contributed by atoms with van der Waals surface area (Å²) in [6.07, 6.45) is -0.532. The minimum Gasteiger partial charge on any atom is -0.505 e. The first-order valence-electron chi connectivity index (χ1n) is 27.3. The zero-order chi connectivity index (χ0) is 66.6. The van der Waals surface area contributed by atoms with Gasteiger partial charge in [0.05, 0.1) is 28.9 Å². The zero-order valence-corrected chi connectivity index (χ0v) is 49.2. The number of carboxylic acid groups (broad SMARTS) is 2. The van der Waals surface area contributed by atoms with Crippen molar-refractivity contribution in [1.82, 2.24) is 57.4 Å². The molecule has 2 aliphatic heterocycles. The van der Waals surface area contributed by atoms with E-state index in [0.29, 0.717) is 0 Å². The Morgan fingerprint density at radius 1 is 0.767 bits per heavy atom. The van der Waals surface area contributed by atoms with Crippen LogP contribution in [0.2, 0.25) is 0 Å². The Morgan fingerprint density at radius 2 is 1.39 bits per heavy atom. The Kier molecular flexibility index (Phi) is 22.9. The van der Waals surface area contributed by atoms with Gasteiger partial charge in [-0.25, -0.2) is 18.6 Å². The van der Waals surface area contributed by atoms with Gasteiger partial charge >= 0.3 is 11.9 Å². The smallest absolute Gasteiger partial charge is 0.336 e. The highest BCUT2D eigenvalue weighted by molar-refractivity contribution is 8.00. The average Bonchev–Trinajstić information content (AvgIpc) is 0.914. The van der Waals surface area contributed by atoms with Gasteiger partial charge in [-0.1, -0.05) is 6.07 Å². The number of aromatic nitrogens is 2. The van der Waals surface area contributed by atoms with Crippen molar-refractivity contribution in [3.05, 3.63) is 93.7 Å². The van der Waals surface area contributed by atoms with E-state index in [0.717, 1.165) is 60.8 Å². The lowest BCUT2D eigenvalue weighted by molar-refractivity contribution is -0.139. The summed E-state index contributed by atoms with van der Waals surface area (Å²) in [4.78, 5) is 188. The summed E-state index contributed by atoms with van der Waals surface area (Å²) in [5, 5.41) is 57.6. The number of aliphatic hydroxyl groups excluding tert-OH is 1. The molecule has 9 atom stereocenters. The van der Waals surface area contributed by atoms with Crippen LogP contribution < -0.4 is 53.7 Å². The summed E-state index contributed by atoms with van der Waals surface area (Å²) < 4.78 is 35.0. The highest BCUT2D eigenvalue weighted by atomic mass is 32.2. The van der Waals surface area contributed by atoms with E-state index in [1.54, 1.807) is 0 Å². The fourth-order valence-corrected chi connectivity index (χ4v) is 10.3. The molecule has 34 heteroatoms. The van der Waals surface area contributed by atoms with Crippen LogP contribution in [-0.2, 0) is 59.2 Å². The number of imidazole rings is 1. The number of H-pyrrole nitrogens is 1. The Balaban J connectivity index is 0.994. The van der Waals surface area contributed by atoms with Crippen molar-refractivity contribution in [3.63, 3.8) is 0 Å². The van der Waals surface area contributed by atoms with Crippen molar-refractivity contribution < 1.29 is 96.0 Å². The van der Waals surface area contributed by atoms with Gasteiger partial charge in [-0.3, -0.25) is 67.2 Å². The molecular weight excluding hydrogens is 1210 g/mol.